The first-order valence-corrected chi connectivity index (χ1v) is 11.1. The number of alkyl halides is 3. The molecule has 10 heteroatoms. The number of carbonyl (C=O) groups excluding carboxylic acids is 1. The van der Waals surface area contributed by atoms with Crippen LogP contribution in [-0.2, 0) is 22.6 Å². The number of halogens is 3. The van der Waals surface area contributed by atoms with Gasteiger partial charge in [-0.15, -0.1) is 0 Å². The molecule has 0 unspecified atom stereocenters. The molecule has 0 spiro atoms. The number of aromatic nitrogens is 2. The fourth-order valence-electron chi connectivity index (χ4n) is 3.15. The lowest BCUT2D eigenvalue weighted by molar-refractivity contribution is -0.138. The Morgan fingerprint density at radius 1 is 1.10 bits per heavy atom. The lowest BCUT2D eigenvalue weighted by atomic mass is 10.1. The molecule has 0 saturated carbocycles. The molecule has 1 N–H and O–H groups in total. The van der Waals surface area contributed by atoms with Crippen molar-refractivity contribution in [1.29, 1.82) is 0 Å². The Morgan fingerprint density at radius 3 is 2.39 bits per heavy atom. The van der Waals surface area contributed by atoms with Crippen LogP contribution in [0.2, 0.25) is 0 Å². The summed E-state index contributed by atoms with van der Waals surface area (Å²) in [5.41, 5.74) is 0.661. The number of rotatable bonds is 5. The van der Waals surface area contributed by atoms with Crippen LogP contribution in [0.4, 0.5) is 13.2 Å². The summed E-state index contributed by atoms with van der Waals surface area (Å²) in [7, 11) is -3.52. The van der Waals surface area contributed by atoms with Crippen LogP contribution in [-0.4, -0.2) is 30.4 Å². The van der Waals surface area contributed by atoms with Crippen LogP contribution in [0.25, 0.3) is 5.69 Å². The van der Waals surface area contributed by atoms with Gasteiger partial charge in [0.05, 0.1) is 21.8 Å². The van der Waals surface area contributed by atoms with E-state index in [1.807, 2.05) is 0 Å². The van der Waals surface area contributed by atoms with Crippen LogP contribution in [0, 0.1) is 13.8 Å². The highest BCUT2D eigenvalue weighted by atomic mass is 32.2. The van der Waals surface area contributed by atoms with Gasteiger partial charge in [-0.05, 0) is 55.8 Å². The van der Waals surface area contributed by atoms with Crippen molar-refractivity contribution in [2.75, 3.05) is 6.26 Å². The van der Waals surface area contributed by atoms with Crippen LogP contribution in [0.5, 0.6) is 0 Å². The third kappa shape index (κ3) is 5.13. The number of carbonyl (C=O) groups is 1. The van der Waals surface area contributed by atoms with E-state index in [-0.39, 0.29) is 28.3 Å². The molecular formula is C21H20F3N3O3S. The first-order chi connectivity index (χ1) is 14.4. The Hall–Kier alpha value is -3.14. The maximum atomic E-state index is 13.7. The van der Waals surface area contributed by atoms with Crippen molar-refractivity contribution in [3.8, 4) is 5.69 Å². The van der Waals surface area contributed by atoms with Gasteiger partial charge >= 0.3 is 6.18 Å². The fourth-order valence-corrected chi connectivity index (χ4v) is 3.82. The van der Waals surface area contributed by atoms with Crippen molar-refractivity contribution < 1.29 is 26.4 Å². The Kier molecular flexibility index (Phi) is 5.95. The molecule has 164 valence electrons. The fraction of sp³-hybridized carbons (Fsp3) is 0.238. The zero-order valence-corrected chi connectivity index (χ0v) is 17.8. The zero-order valence-electron chi connectivity index (χ0n) is 17.0. The Morgan fingerprint density at radius 2 is 1.81 bits per heavy atom. The van der Waals surface area contributed by atoms with Crippen molar-refractivity contribution in [1.82, 2.24) is 15.1 Å². The van der Waals surface area contributed by atoms with Gasteiger partial charge in [-0.3, -0.25) is 4.79 Å². The minimum Gasteiger partial charge on any atom is -0.348 e. The minimum atomic E-state index is -4.64. The van der Waals surface area contributed by atoms with E-state index in [0.717, 1.165) is 12.3 Å². The normalized spacial score (nSPS) is 12.1. The predicted molar refractivity (Wildman–Crippen MR) is 109 cm³/mol. The van der Waals surface area contributed by atoms with Gasteiger partial charge in [0.15, 0.2) is 9.84 Å². The monoisotopic (exact) mass is 451 g/mol. The van der Waals surface area contributed by atoms with Gasteiger partial charge < -0.3 is 5.32 Å². The molecule has 1 aromatic heterocycles. The van der Waals surface area contributed by atoms with Gasteiger partial charge in [-0.2, -0.15) is 18.3 Å². The number of hydrogen-bond acceptors (Lipinski definition) is 4. The highest BCUT2D eigenvalue weighted by Crippen LogP contribution is 2.33. The molecule has 0 fully saturated rings. The Labute approximate surface area is 177 Å². The van der Waals surface area contributed by atoms with E-state index in [2.05, 4.69) is 10.4 Å². The average molecular weight is 451 g/mol. The summed E-state index contributed by atoms with van der Waals surface area (Å²) in [4.78, 5) is 12.3. The van der Waals surface area contributed by atoms with E-state index in [9.17, 15) is 26.4 Å². The smallest absolute Gasteiger partial charge is 0.348 e. The largest absolute Gasteiger partial charge is 0.416 e. The third-order valence-electron chi connectivity index (χ3n) is 4.62. The minimum absolute atomic E-state index is 0.0377. The highest BCUT2D eigenvalue weighted by molar-refractivity contribution is 7.90. The number of amides is 1. The molecule has 3 rings (SSSR count). The molecule has 1 heterocycles. The number of hydrogen-bond donors (Lipinski definition) is 1. The molecule has 0 atom stereocenters. The van der Waals surface area contributed by atoms with Gasteiger partial charge in [0.2, 0.25) is 0 Å². The molecular weight excluding hydrogens is 431 g/mol. The van der Waals surface area contributed by atoms with Crippen molar-refractivity contribution in [2.24, 2.45) is 0 Å². The number of benzene rings is 2. The van der Waals surface area contributed by atoms with Gasteiger partial charge in [0, 0.05) is 24.1 Å². The second-order valence-corrected chi connectivity index (χ2v) is 9.18. The molecule has 1 amide bonds. The second kappa shape index (κ2) is 8.18. The molecule has 3 aromatic rings. The van der Waals surface area contributed by atoms with Gasteiger partial charge in [-0.25, -0.2) is 13.1 Å². The maximum absolute atomic E-state index is 13.7. The van der Waals surface area contributed by atoms with Crippen LogP contribution in [0.1, 0.15) is 32.9 Å². The quantitative estimate of drug-likeness (QED) is 0.639. The average Bonchev–Trinajstić information content (AvgIpc) is 3.02. The van der Waals surface area contributed by atoms with Gasteiger partial charge in [-0.1, -0.05) is 12.1 Å². The topological polar surface area (TPSA) is 81.1 Å². The van der Waals surface area contributed by atoms with E-state index < -0.39 is 27.5 Å². The molecule has 0 saturated heterocycles. The zero-order chi connectivity index (χ0) is 23.0. The van der Waals surface area contributed by atoms with Crippen LogP contribution in [0.3, 0.4) is 0 Å². The van der Waals surface area contributed by atoms with Crippen LogP contribution < -0.4 is 5.32 Å². The van der Waals surface area contributed by atoms with Crippen molar-refractivity contribution in [3.63, 3.8) is 0 Å². The van der Waals surface area contributed by atoms with Crippen LogP contribution >= 0.6 is 0 Å². The van der Waals surface area contributed by atoms with Gasteiger partial charge in [0.25, 0.3) is 5.91 Å². The van der Waals surface area contributed by atoms with E-state index in [1.54, 1.807) is 19.9 Å². The highest BCUT2D eigenvalue weighted by Gasteiger charge is 2.34. The van der Waals surface area contributed by atoms with E-state index in [4.69, 9.17) is 0 Å². The molecule has 0 radical (unpaired) electrons. The third-order valence-corrected chi connectivity index (χ3v) is 5.73. The molecule has 6 nitrogen and oxygen atoms in total. The molecule has 0 aliphatic heterocycles. The number of sulfone groups is 1. The second-order valence-electron chi connectivity index (χ2n) is 7.16. The Balaban J connectivity index is 1.88. The SMILES string of the molecule is Cc1cc(C)n(-c2ccc(CNC(=O)c3cccc(S(C)(=O)=O)c3)c(C(F)(F)F)c2)n1. The van der Waals surface area contributed by atoms with Crippen LogP contribution in [0.15, 0.2) is 53.4 Å². The summed E-state index contributed by atoms with van der Waals surface area (Å²) in [5.74, 6) is -0.679. The molecule has 31 heavy (non-hydrogen) atoms. The lowest BCUT2D eigenvalue weighted by Crippen LogP contribution is -2.25. The Bertz CT molecular complexity index is 1250. The summed E-state index contributed by atoms with van der Waals surface area (Å²) in [6.07, 6.45) is -3.63. The molecule has 0 aliphatic carbocycles. The molecule has 0 aliphatic rings. The lowest BCUT2D eigenvalue weighted by Gasteiger charge is -2.16. The van der Waals surface area contributed by atoms with Gasteiger partial charge in [0.1, 0.15) is 0 Å². The van der Waals surface area contributed by atoms with E-state index >= 15 is 0 Å². The first-order valence-electron chi connectivity index (χ1n) is 9.18. The summed E-state index contributed by atoms with van der Waals surface area (Å²) < 4.78 is 65.7. The summed E-state index contributed by atoms with van der Waals surface area (Å²) in [6.45, 7) is 3.11. The maximum Gasteiger partial charge on any atom is 0.416 e. The first kappa shape index (κ1) is 22.5. The number of aryl methyl sites for hydroxylation is 2. The summed E-state index contributed by atoms with van der Waals surface area (Å²) >= 11 is 0. The summed E-state index contributed by atoms with van der Waals surface area (Å²) in [5, 5.41) is 6.63. The standard InChI is InChI=1S/C21H20F3N3O3S/c1-13-9-14(2)27(26-13)17-8-7-16(19(11-17)21(22,23)24)12-25-20(28)15-5-4-6-18(10-15)31(3,29)30/h4-11H,12H2,1-3H3,(H,25,28). The number of nitrogens with zero attached hydrogens (tertiary/aromatic N) is 2. The predicted octanol–water partition coefficient (Wildman–Crippen LogP) is 3.84. The van der Waals surface area contributed by atoms with Crippen molar-refractivity contribution >= 4 is 15.7 Å². The molecule has 0 bridgehead atoms. The van der Waals surface area contributed by atoms with Crippen molar-refractivity contribution in [2.45, 2.75) is 31.5 Å². The van der Waals surface area contributed by atoms with E-state index in [0.29, 0.717) is 11.4 Å². The number of nitrogens with one attached hydrogen (secondary N) is 1. The van der Waals surface area contributed by atoms with Crippen molar-refractivity contribution in [3.05, 3.63) is 76.6 Å². The molecule has 2 aromatic carbocycles. The summed E-state index contributed by atoms with van der Waals surface area (Å²) in [6, 6.07) is 10.8. The van der Waals surface area contributed by atoms with E-state index in [1.165, 1.54) is 41.1 Å².